The van der Waals surface area contributed by atoms with Crippen molar-refractivity contribution in [3.63, 3.8) is 0 Å². The van der Waals surface area contributed by atoms with Gasteiger partial charge in [-0.05, 0) is 130 Å². The first-order chi connectivity index (χ1) is 24.9. The quantitative estimate of drug-likeness (QED) is 0.138. The summed E-state index contributed by atoms with van der Waals surface area (Å²) in [6.45, 7) is 13.2. The van der Waals surface area contributed by atoms with Crippen LogP contribution in [0.15, 0.2) is 30.5 Å². The summed E-state index contributed by atoms with van der Waals surface area (Å²) in [7, 11) is 0. The van der Waals surface area contributed by atoms with Crippen LogP contribution in [0.3, 0.4) is 0 Å². The molecule has 2 aromatic rings. The van der Waals surface area contributed by atoms with Crippen LogP contribution in [0.4, 0.5) is 5.69 Å². The molecule has 9 heteroatoms. The first-order valence-electron chi connectivity index (χ1n) is 20.3. The molecule has 4 aliphatic rings. The number of hydrogen-bond acceptors (Lipinski definition) is 8. The summed E-state index contributed by atoms with van der Waals surface area (Å²) in [5.41, 5.74) is 1.85. The summed E-state index contributed by atoms with van der Waals surface area (Å²) >= 11 is 6.13. The number of anilines is 1. The van der Waals surface area contributed by atoms with Crippen molar-refractivity contribution in [1.82, 2.24) is 10.3 Å². The Morgan fingerprint density at radius 1 is 0.962 bits per heavy atom. The normalized spacial score (nSPS) is 33.1. The van der Waals surface area contributed by atoms with Crippen molar-refractivity contribution in [1.29, 1.82) is 0 Å². The fourth-order valence-electron chi connectivity index (χ4n) is 11.7. The maximum absolute atomic E-state index is 12.6. The van der Waals surface area contributed by atoms with Gasteiger partial charge >= 0.3 is 11.9 Å². The molecule has 4 aliphatic carbocycles. The number of benzene rings is 1. The molecule has 0 spiro atoms. The molecule has 0 bridgehead atoms. The Morgan fingerprint density at radius 2 is 1.71 bits per heavy atom. The van der Waals surface area contributed by atoms with E-state index in [0.29, 0.717) is 41.4 Å². The maximum atomic E-state index is 12.6. The summed E-state index contributed by atoms with van der Waals surface area (Å²) < 4.78 is 12.5. The molecule has 0 unspecified atom stereocenters. The van der Waals surface area contributed by atoms with Crippen molar-refractivity contribution in [2.75, 3.05) is 25.0 Å². The molecule has 52 heavy (non-hydrogen) atoms. The van der Waals surface area contributed by atoms with Gasteiger partial charge in [-0.1, -0.05) is 45.2 Å². The molecule has 10 atom stereocenters. The highest BCUT2D eigenvalue weighted by molar-refractivity contribution is 6.31. The maximum Gasteiger partial charge on any atom is 0.302 e. The number of halogens is 1. The zero-order valence-electron chi connectivity index (χ0n) is 32.2. The van der Waals surface area contributed by atoms with E-state index in [1.807, 2.05) is 30.5 Å². The largest absolute Gasteiger partial charge is 0.462 e. The lowest BCUT2D eigenvalue weighted by molar-refractivity contribution is -0.219. The molecule has 0 aliphatic heterocycles. The van der Waals surface area contributed by atoms with Crippen LogP contribution in [0.5, 0.6) is 0 Å². The van der Waals surface area contributed by atoms with Crippen LogP contribution in [0.1, 0.15) is 118 Å². The number of unbranched alkanes of at least 4 members (excludes halogenated alkanes) is 3. The molecule has 8 nitrogen and oxygen atoms in total. The van der Waals surface area contributed by atoms with E-state index in [1.54, 1.807) is 6.92 Å². The summed E-state index contributed by atoms with van der Waals surface area (Å²) in [6.07, 6.45) is 14.3. The van der Waals surface area contributed by atoms with Gasteiger partial charge in [0, 0.05) is 66.9 Å². The highest BCUT2D eigenvalue weighted by Crippen LogP contribution is 2.69. The molecule has 4 fully saturated rings. The Hall–Kier alpha value is -2.71. The second-order valence-electron chi connectivity index (χ2n) is 17.2. The highest BCUT2D eigenvalue weighted by atomic mass is 35.5. The molecule has 0 saturated heterocycles. The number of carbonyl (C=O) groups is 3. The van der Waals surface area contributed by atoms with Crippen molar-refractivity contribution < 1.29 is 23.9 Å². The standard InChI is InChI=1S/C43H62ClN3O5/c1-27(11-10-20-45-19-8-6-7-9-21-46-37-17-22-47-38-25-31(44)12-13-33(37)38)34-14-15-35-41-36(26-40(43(34,35)5)52-29(3)49)42(4)18-16-32(50)23-30(42)24-39(41)51-28(2)48/h12-13,17,22,25,27,30,34-36,39-41,45H,6-11,14-16,18-21,23-24,26H2,1-5H3,(H,46,47)/t27-,30+,34-,35+,36+,39-,40+,41+,42+,43-/m1/s1. The highest BCUT2D eigenvalue weighted by Gasteiger charge is 2.67. The minimum atomic E-state index is -0.230. The molecule has 2 N–H and O–H groups in total. The average molecular weight is 736 g/mol. The molecule has 1 aromatic heterocycles. The van der Waals surface area contributed by atoms with Crippen molar-refractivity contribution in [2.24, 2.45) is 46.3 Å². The Bertz CT molecular complexity index is 1590. The third-order valence-corrected chi connectivity index (χ3v) is 14.5. The fourth-order valence-corrected chi connectivity index (χ4v) is 11.9. The lowest BCUT2D eigenvalue weighted by atomic mass is 9.43. The first-order valence-corrected chi connectivity index (χ1v) is 20.6. The number of ketones is 1. The van der Waals surface area contributed by atoms with Crippen molar-refractivity contribution in [2.45, 2.75) is 130 Å². The minimum absolute atomic E-state index is 0.00768. The van der Waals surface area contributed by atoms with E-state index < -0.39 is 0 Å². The topological polar surface area (TPSA) is 107 Å². The van der Waals surface area contributed by atoms with Gasteiger partial charge in [0.05, 0.1) is 5.52 Å². The second-order valence-corrected chi connectivity index (χ2v) is 17.7. The van der Waals surface area contributed by atoms with E-state index in [0.717, 1.165) is 87.6 Å². The van der Waals surface area contributed by atoms with Gasteiger partial charge < -0.3 is 20.1 Å². The van der Waals surface area contributed by atoms with Crippen LogP contribution < -0.4 is 10.6 Å². The first kappa shape index (κ1) is 39.0. The summed E-state index contributed by atoms with van der Waals surface area (Å²) in [5.74, 6) is 1.87. The van der Waals surface area contributed by atoms with E-state index in [4.69, 9.17) is 21.1 Å². The molecule has 0 radical (unpaired) electrons. The number of nitrogens with zero attached hydrogens (tertiary/aromatic N) is 1. The van der Waals surface area contributed by atoms with Crippen LogP contribution in [-0.2, 0) is 23.9 Å². The lowest BCUT2D eigenvalue weighted by Gasteiger charge is -2.63. The smallest absolute Gasteiger partial charge is 0.302 e. The van der Waals surface area contributed by atoms with Gasteiger partial charge in [0.15, 0.2) is 0 Å². The van der Waals surface area contributed by atoms with Gasteiger partial charge in [-0.25, -0.2) is 0 Å². The third kappa shape index (κ3) is 8.18. The number of rotatable bonds is 15. The molecule has 0 amide bonds. The Balaban J connectivity index is 0.976. The number of fused-ring (bicyclic) bond motifs is 6. The van der Waals surface area contributed by atoms with Gasteiger partial charge in [0.1, 0.15) is 18.0 Å². The molecule has 1 heterocycles. The zero-order valence-corrected chi connectivity index (χ0v) is 32.9. The Labute approximate surface area is 316 Å². The van der Waals surface area contributed by atoms with Crippen molar-refractivity contribution >= 4 is 45.9 Å². The number of carbonyl (C=O) groups excluding carboxylic acids is 3. The molecular weight excluding hydrogens is 674 g/mol. The van der Waals surface area contributed by atoms with Crippen molar-refractivity contribution in [3.8, 4) is 0 Å². The predicted molar refractivity (Wildman–Crippen MR) is 207 cm³/mol. The van der Waals surface area contributed by atoms with Crippen LogP contribution in [0.2, 0.25) is 5.02 Å². The number of nitrogens with one attached hydrogen (secondary N) is 2. The van der Waals surface area contributed by atoms with E-state index in [-0.39, 0.29) is 52.7 Å². The molecule has 6 rings (SSSR count). The van der Waals surface area contributed by atoms with Gasteiger partial charge in [-0.2, -0.15) is 0 Å². The molecule has 1 aromatic carbocycles. The second kappa shape index (κ2) is 16.8. The van der Waals surface area contributed by atoms with E-state index in [9.17, 15) is 14.4 Å². The number of hydrogen-bond donors (Lipinski definition) is 2. The number of pyridine rings is 1. The number of aromatic nitrogens is 1. The van der Waals surface area contributed by atoms with Crippen LogP contribution in [0, 0.1) is 46.3 Å². The van der Waals surface area contributed by atoms with Gasteiger partial charge in [-0.3, -0.25) is 19.4 Å². The number of esters is 2. The van der Waals surface area contributed by atoms with Crippen LogP contribution in [-0.4, -0.2) is 54.5 Å². The monoisotopic (exact) mass is 735 g/mol. The zero-order chi connectivity index (χ0) is 37.0. The van der Waals surface area contributed by atoms with Gasteiger partial charge in [0.2, 0.25) is 0 Å². The molecule has 4 saturated carbocycles. The SMILES string of the molecule is CC(=O)O[C@H]1C[C@H]2[C@@H]([C@H](OC(C)=O)C[C@@H]3CC(=O)CC[C@@]32C)[C@@H]2CC[C@H]([C@H](C)CCCNCCCCCCNc3ccnc4cc(Cl)ccc34)[C@@]12C. The molecular formula is C43H62ClN3O5. The van der Waals surface area contributed by atoms with E-state index >= 15 is 0 Å². The predicted octanol–water partition coefficient (Wildman–Crippen LogP) is 9.18. The summed E-state index contributed by atoms with van der Waals surface area (Å²) in [4.78, 5) is 42.1. The third-order valence-electron chi connectivity index (χ3n) is 14.2. The summed E-state index contributed by atoms with van der Waals surface area (Å²) in [6, 6.07) is 7.88. The molecule has 286 valence electrons. The summed E-state index contributed by atoms with van der Waals surface area (Å²) in [5, 5.41) is 9.08. The number of Topliss-reactive ketones (excluding diaryl/α,β-unsaturated/α-hetero) is 1. The van der Waals surface area contributed by atoms with E-state index in [2.05, 4.69) is 36.4 Å². The minimum Gasteiger partial charge on any atom is -0.462 e. The van der Waals surface area contributed by atoms with Crippen molar-refractivity contribution in [3.05, 3.63) is 35.5 Å². The van der Waals surface area contributed by atoms with E-state index in [1.165, 1.54) is 26.2 Å². The van der Waals surface area contributed by atoms with Crippen LogP contribution in [0.25, 0.3) is 10.9 Å². The lowest BCUT2D eigenvalue weighted by Crippen LogP contribution is -2.63. The average Bonchev–Trinajstić information content (AvgIpc) is 3.45. The van der Waals surface area contributed by atoms with Gasteiger partial charge in [0.25, 0.3) is 0 Å². The van der Waals surface area contributed by atoms with Gasteiger partial charge in [-0.15, -0.1) is 0 Å². The fraction of sp³-hybridized carbons (Fsp3) is 0.721. The Morgan fingerprint density at radius 3 is 2.48 bits per heavy atom. The number of ether oxygens (including phenoxy) is 2. The Kier molecular flexibility index (Phi) is 12.6. The van der Waals surface area contributed by atoms with Crippen LogP contribution >= 0.6 is 11.6 Å².